The molecule has 1 heterocycles. The van der Waals surface area contributed by atoms with Gasteiger partial charge in [0.05, 0.1) is 5.56 Å². The fourth-order valence-electron chi connectivity index (χ4n) is 1.14. The molecule has 0 amide bonds. The largest absolute Gasteiger partial charge is 0.343 e. The van der Waals surface area contributed by atoms with Crippen LogP contribution in [0.2, 0.25) is 5.22 Å². The molecule has 15 heavy (non-hydrogen) atoms. The van der Waals surface area contributed by atoms with E-state index in [1.807, 2.05) is 0 Å². The Kier molecular flexibility index (Phi) is 2.75. The molecule has 2 aromatic rings. The molecule has 0 aliphatic carbocycles. The number of benzene rings is 1. The SMILES string of the molecule is Fc1cccc(F)c1-c1noc(Cl)c1Br. The van der Waals surface area contributed by atoms with Crippen LogP contribution in [0.4, 0.5) is 8.78 Å². The average molecular weight is 294 g/mol. The number of hydrogen-bond donors (Lipinski definition) is 0. The van der Waals surface area contributed by atoms with Gasteiger partial charge in [-0.05, 0) is 39.7 Å². The van der Waals surface area contributed by atoms with Gasteiger partial charge in [-0.1, -0.05) is 11.2 Å². The third-order valence-corrected chi connectivity index (χ3v) is 3.02. The molecule has 0 spiro atoms. The quantitative estimate of drug-likeness (QED) is 0.793. The van der Waals surface area contributed by atoms with E-state index in [1.54, 1.807) is 0 Å². The van der Waals surface area contributed by atoms with E-state index < -0.39 is 11.6 Å². The van der Waals surface area contributed by atoms with E-state index in [2.05, 4.69) is 25.6 Å². The molecular formula is C9H3BrClF2NO. The Labute approximate surface area is 97.0 Å². The van der Waals surface area contributed by atoms with E-state index in [-0.39, 0.29) is 20.9 Å². The van der Waals surface area contributed by atoms with Crippen molar-refractivity contribution in [1.82, 2.24) is 5.16 Å². The standard InChI is InChI=1S/C9H3BrClF2NO/c10-7-8(14-15-9(7)11)6-4(12)2-1-3-5(6)13/h1-3H. The molecular weight excluding hydrogens is 291 g/mol. The van der Waals surface area contributed by atoms with Crippen LogP contribution in [0.3, 0.4) is 0 Å². The lowest BCUT2D eigenvalue weighted by Crippen LogP contribution is -1.90. The molecule has 0 aliphatic rings. The first-order valence-corrected chi connectivity index (χ1v) is 5.03. The van der Waals surface area contributed by atoms with Crippen LogP contribution in [0.5, 0.6) is 0 Å². The van der Waals surface area contributed by atoms with Crippen molar-refractivity contribution in [3.05, 3.63) is 39.5 Å². The molecule has 2 nitrogen and oxygen atoms in total. The Morgan fingerprint density at radius 3 is 2.33 bits per heavy atom. The maximum Gasteiger partial charge on any atom is 0.240 e. The smallest absolute Gasteiger partial charge is 0.240 e. The zero-order valence-electron chi connectivity index (χ0n) is 7.10. The minimum atomic E-state index is -0.722. The zero-order valence-corrected chi connectivity index (χ0v) is 9.44. The minimum Gasteiger partial charge on any atom is -0.343 e. The van der Waals surface area contributed by atoms with Gasteiger partial charge < -0.3 is 4.52 Å². The van der Waals surface area contributed by atoms with Crippen LogP contribution in [0, 0.1) is 11.6 Å². The first-order valence-electron chi connectivity index (χ1n) is 3.86. The summed E-state index contributed by atoms with van der Waals surface area (Å²) in [4.78, 5) is 0. The molecule has 0 bridgehead atoms. The van der Waals surface area contributed by atoms with Gasteiger partial charge in [0, 0.05) is 0 Å². The first kappa shape index (κ1) is 10.6. The number of aromatic nitrogens is 1. The number of rotatable bonds is 1. The van der Waals surface area contributed by atoms with Crippen LogP contribution < -0.4 is 0 Å². The molecule has 78 valence electrons. The highest BCUT2D eigenvalue weighted by atomic mass is 79.9. The van der Waals surface area contributed by atoms with Crippen molar-refractivity contribution in [1.29, 1.82) is 0 Å². The van der Waals surface area contributed by atoms with E-state index in [0.29, 0.717) is 0 Å². The molecule has 0 radical (unpaired) electrons. The Hall–Kier alpha value is -0.940. The fraction of sp³-hybridized carbons (Fsp3) is 0. The third kappa shape index (κ3) is 1.77. The summed E-state index contributed by atoms with van der Waals surface area (Å²) in [7, 11) is 0. The number of hydrogen-bond acceptors (Lipinski definition) is 2. The lowest BCUT2D eigenvalue weighted by atomic mass is 10.1. The van der Waals surface area contributed by atoms with Gasteiger partial charge in [0.1, 0.15) is 21.8 Å². The normalized spacial score (nSPS) is 10.7. The predicted octanol–water partition coefficient (Wildman–Crippen LogP) is 4.04. The Morgan fingerprint density at radius 1 is 1.27 bits per heavy atom. The summed E-state index contributed by atoms with van der Waals surface area (Å²) >= 11 is 8.60. The van der Waals surface area contributed by atoms with Crippen LogP contribution in [-0.2, 0) is 0 Å². The summed E-state index contributed by atoms with van der Waals surface area (Å²) in [6.07, 6.45) is 0. The Bertz CT molecular complexity index is 495. The topological polar surface area (TPSA) is 26.0 Å². The molecule has 0 atom stereocenters. The van der Waals surface area contributed by atoms with Crippen LogP contribution in [-0.4, -0.2) is 5.16 Å². The van der Waals surface area contributed by atoms with Gasteiger partial charge in [-0.2, -0.15) is 0 Å². The van der Waals surface area contributed by atoms with E-state index in [0.717, 1.165) is 12.1 Å². The molecule has 0 fully saturated rings. The Balaban J connectivity index is 2.69. The number of halogens is 4. The van der Waals surface area contributed by atoms with Crippen LogP contribution in [0.25, 0.3) is 11.3 Å². The van der Waals surface area contributed by atoms with Gasteiger partial charge in [0.25, 0.3) is 0 Å². The van der Waals surface area contributed by atoms with Gasteiger partial charge in [-0.15, -0.1) is 0 Å². The summed E-state index contributed by atoms with van der Waals surface area (Å²) in [6.45, 7) is 0. The van der Waals surface area contributed by atoms with Crippen molar-refractivity contribution >= 4 is 27.5 Å². The molecule has 0 N–H and O–H groups in total. The van der Waals surface area contributed by atoms with Crippen molar-refractivity contribution < 1.29 is 13.3 Å². The van der Waals surface area contributed by atoms with E-state index in [9.17, 15) is 8.78 Å². The van der Waals surface area contributed by atoms with Crippen LogP contribution >= 0.6 is 27.5 Å². The highest BCUT2D eigenvalue weighted by Crippen LogP contribution is 2.35. The highest BCUT2D eigenvalue weighted by molar-refractivity contribution is 9.10. The lowest BCUT2D eigenvalue weighted by Gasteiger charge is -2.00. The number of nitrogens with zero attached hydrogens (tertiary/aromatic N) is 1. The summed E-state index contributed by atoms with van der Waals surface area (Å²) in [5, 5.41) is 3.42. The van der Waals surface area contributed by atoms with Gasteiger partial charge in [-0.25, -0.2) is 8.78 Å². The molecule has 0 saturated carbocycles. The highest BCUT2D eigenvalue weighted by Gasteiger charge is 2.20. The fourth-order valence-corrected chi connectivity index (χ4v) is 1.61. The molecule has 2 rings (SSSR count). The van der Waals surface area contributed by atoms with Crippen molar-refractivity contribution in [2.24, 2.45) is 0 Å². The van der Waals surface area contributed by atoms with Gasteiger partial charge in [0.2, 0.25) is 5.22 Å². The van der Waals surface area contributed by atoms with Crippen molar-refractivity contribution in [3.8, 4) is 11.3 Å². The maximum absolute atomic E-state index is 13.3. The van der Waals surface area contributed by atoms with Crippen molar-refractivity contribution in [2.75, 3.05) is 0 Å². The second kappa shape index (κ2) is 3.90. The predicted molar refractivity (Wildman–Crippen MR) is 54.6 cm³/mol. The zero-order chi connectivity index (χ0) is 11.0. The minimum absolute atomic E-state index is 0.00981. The summed E-state index contributed by atoms with van der Waals surface area (Å²) in [5.74, 6) is -1.44. The lowest BCUT2D eigenvalue weighted by molar-refractivity contribution is 0.422. The monoisotopic (exact) mass is 293 g/mol. The van der Waals surface area contributed by atoms with Crippen molar-refractivity contribution in [2.45, 2.75) is 0 Å². The molecule has 6 heteroatoms. The summed E-state index contributed by atoms with van der Waals surface area (Å²) in [5.41, 5.74) is -0.254. The molecule has 1 aromatic carbocycles. The average Bonchev–Trinajstić information content (AvgIpc) is 2.49. The molecule has 1 aromatic heterocycles. The van der Waals surface area contributed by atoms with E-state index in [4.69, 9.17) is 11.6 Å². The molecule has 0 saturated heterocycles. The van der Waals surface area contributed by atoms with Gasteiger partial charge >= 0.3 is 0 Å². The third-order valence-electron chi connectivity index (χ3n) is 1.80. The summed E-state index contributed by atoms with van der Waals surface area (Å²) in [6, 6.07) is 3.53. The second-order valence-electron chi connectivity index (χ2n) is 2.72. The second-order valence-corrected chi connectivity index (χ2v) is 3.85. The van der Waals surface area contributed by atoms with Gasteiger partial charge in [0.15, 0.2) is 0 Å². The Morgan fingerprint density at radius 2 is 1.87 bits per heavy atom. The first-order chi connectivity index (χ1) is 7.11. The van der Waals surface area contributed by atoms with E-state index >= 15 is 0 Å². The molecule has 0 unspecified atom stereocenters. The van der Waals surface area contributed by atoms with Crippen LogP contribution in [0.15, 0.2) is 27.2 Å². The van der Waals surface area contributed by atoms with Crippen LogP contribution in [0.1, 0.15) is 0 Å². The summed E-state index contributed by atoms with van der Waals surface area (Å²) < 4.78 is 31.5. The molecule has 0 aliphatic heterocycles. The van der Waals surface area contributed by atoms with E-state index in [1.165, 1.54) is 6.07 Å². The maximum atomic E-state index is 13.3. The van der Waals surface area contributed by atoms with Gasteiger partial charge in [-0.3, -0.25) is 0 Å². The van der Waals surface area contributed by atoms with Crippen molar-refractivity contribution in [3.63, 3.8) is 0 Å².